The monoisotopic (exact) mass is 258 g/mol. The van der Waals surface area contributed by atoms with Crippen molar-refractivity contribution in [2.45, 2.75) is 25.9 Å². The van der Waals surface area contributed by atoms with Crippen LogP contribution in [0.15, 0.2) is 0 Å². The van der Waals surface area contributed by atoms with E-state index in [4.69, 9.17) is 9.84 Å². The van der Waals surface area contributed by atoms with Crippen LogP contribution >= 0.6 is 0 Å². The Morgan fingerprint density at radius 3 is 2.50 bits per heavy atom. The lowest BCUT2D eigenvalue weighted by Gasteiger charge is -2.34. The molecular formula is C13H26N2O3. The predicted molar refractivity (Wildman–Crippen MR) is 70.8 cm³/mol. The minimum Gasteiger partial charge on any atom is -0.479 e. The molecule has 1 atom stereocenters. The van der Waals surface area contributed by atoms with Crippen molar-refractivity contribution in [3.63, 3.8) is 0 Å². The van der Waals surface area contributed by atoms with Crippen LogP contribution in [0.5, 0.6) is 0 Å². The van der Waals surface area contributed by atoms with Gasteiger partial charge in [0, 0.05) is 19.7 Å². The number of carboxylic acid groups (broad SMARTS) is 1. The summed E-state index contributed by atoms with van der Waals surface area (Å²) in [7, 11) is 4.20. The standard InChI is InChI=1S/C13H26N2O3/c1-4-18-12(13(16)17)10-15-7-5-11(6-8-15)9-14(2)3/h11-12H,4-10H2,1-3H3,(H,16,17). The van der Waals surface area contributed by atoms with Gasteiger partial charge in [-0.05, 0) is 52.9 Å². The highest BCUT2D eigenvalue weighted by molar-refractivity contribution is 5.72. The number of aliphatic carboxylic acids is 1. The van der Waals surface area contributed by atoms with Gasteiger partial charge >= 0.3 is 5.97 Å². The van der Waals surface area contributed by atoms with Crippen LogP contribution in [0.25, 0.3) is 0 Å². The topological polar surface area (TPSA) is 53.0 Å². The molecule has 5 nitrogen and oxygen atoms in total. The SMILES string of the molecule is CCOC(CN1CCC(CN(C)C)CC1)C(=O)O. The van der Waals surface area contributed by atoms with Gasteiger partial charge in [-0.15, -0.1) is 0 Å². The molecule has 5 heteroatoms. The van der Waals surface area contributed by atoms with Gasteiger partial charge in [0.25, 0.3) is 0 Å². The highest BCUT2D eigenvalue weighted by Gasteiger charge is 2.25. The second-order valence-corrected chi connectivity index (χ2v) is 5.29. The molecule has 1 aliphatic rings. The number of carboxylic acids is 1. The number of piperidine rings is 1. The molecule has 1 saturated heterocycles. The lowest BCUT2D eigenvalue weighted by molar-refractivity contribution is -0.151. The maximum atomic E-state index is 11.0. The zero-order chi connectivity index (χ0) is 13.5. The number of nitrogens with zero attached hydrogens (tertiary/aromatic N) is 2. The molecule has 1 aliphatic heterocycles. The smallest absolute Gasteiger partial charge is 0.334 e. The van der Waals surface area contributed by atoms with Crippen molar-refractivity contribution >= 4 is 5.97 Å². The largest absolute Gasteiger partial charge is 0.479 e. The van der Waals surface area contributed by atoms with E-state index in [-0.39, 0.29) is 0 Å². The number of ether oxygens (including phenoxy) is 1. The van der Waals surface area contributed by atoms with E-state index in [2.05, 4.69) is 23.9 Å². The Bertz CT molecular complexity index is 251. The van der Waals surface area contributed by atoms with Crippen molar-refractivity contribution in [2.24, 2.45) is 5.92 Å². The van der Waals surface area contributed by atoms with Gasteiger partial charge in [-0.3, -0.25) is 0 Å². The Kier molecular flexibility index (Phi) is 6.60. The summed E-state index contributed by atoms with van der Waals surface area (Å²) >= 11 is 0. The highest BCUT2D eigenvalue weighted by Crippen LogP contribution is 2.18. The molecule has 0 aliphatic carbocycles. The van der Waals surface area contributed by atoms with Crippen molar-refractivity contribution < 1.29 is 14.6 Å². The average Bonchev–Trinajstić information content (AvgIpc) is 2.30. The average molecular weight is 258 g/mol. The molecule has 0 radical (unpaired) electrons. The zero-order valence-electron chi connectivity index (χ0n) is 11.8. The van der Waals surface area contributed by atoms with E-state index >= 15 is 0 Å². The molecule has 0 aromatic heterocycles. The van der Waals surface area contributed by atoms with E-state index in [9.17, 15) is 4.79 Å². The first-order chi connectivity index (χ1) is 8.52. The van der Waals surface area contributed by atoms with E-state index in [0.29, 0.717) is 13.2 Å². The first-order valence-electron chi connectivity index (χ1n) is 6.74. The molecule has 0 aromatic rings. The van der Waals surface area contributed by atoms with Crippen molar-refractivity contribution in [3.05, 3.63) is 0 Å². The van der Waals surface area contributed by atoms with Crippen LogP contribution < -0.4 is 0 Å². The number of likely N-dealkylation sites (tertiary alicyclic amines) is 1. The van der Waals surface area contributed by atoms with Crippen molar-refractivity contribution in [3.8, 4) is 0 Å². The highest BCUT2D eigenvalue weighted by atomic mass is 16.5. The van der Waals surface area contributed by atoms with Gasteiger partial charge in [0.1, 0.15) is 0 Å². The van der Waals surface area contributed by atoms with Crippen LogP contribution in [0.3, 0.4) is 0 Å². The third kappa shape index (κ3) is 5.33. The van der Waals surface area contributed by atoms with E-state index in [0.717, 1.165) is 38.4 Å². The molecule has 0 aromatic carbocycles. The Hall–Kier alpha value is -0.650. The van der Waals surface area contributed by atoms with Crippen LogP contribution in [0, 0.1) is 5.92 Å². The number of hydrogen-bond acceptors (Lipinski definition) is 4. The Morgan fingerprint density at radius 1 is 1.44 bits per heavy atom. The Balaban J connectivity index is 2.31. The second-order valence-electron chi connectivity index (χ2n) is 5.29. The molecule has 1 rings (SSSR count). The molecule has 1 fully saturated rings. The second kappa shape index (κ2) is 7.71. The molecule has 1 unspecified atom stereocenters. The summed E-state index contributed by atoms with van der Waals surface area (Å²) in [5.74, 6) is -0.112. The van der Waals surface area contributed by atoms with Crippen LogP contribution in [0.4, 0.5) is 0 Å². The van der Waals surface area contributed by atoms with Crippen LogP contribution in [-0.2, 0) is 9.53 Å². The minimum atomic E-state index is -0.854. The summed E-state index contributed by atoms with van der Waals surface area (Å²) in [6.07, 6.45) is 1.62. The van der Waals surface area contributed by atoms with Gasteiger partial charge < -0.3 is 19.6 Å². The molecule has 0 bridgehead atoms. The first-order valence-corrected chi connectivity index (χ1v) is 6.74. The summed E-state index contributed by atoms with van der Waals surface area (Å²) in [5.41, 5.74) is 0. The number of rotatable bonds is 7. The van der Waals surface area contributed by atoms with Gasteiger partial charge in [0.05, 0.1) is 0 Å². The van der Waals surface area contributed by atoms with Crippen molar-refractivity contribution in [1.82, 2.24) is 9.80 Å². The quantitative estimate of drug-likeness (QED) is 0.730. The summed E-state index contributed by atoms with van der Waals surface area (Å²) in [5, 5.41) is 9.05. The van der Waals surface area contributed by atoms with E-state index in [1.54, 1.807) is 0 Å². The molecule has 0 amide bonds. The van der Waals surface area contributed by atoms with Gasteiger partial charge in [0.15, 0.2) is 6.10 Å². The molecule has 0 spiro atoms. The molecule has 0 saturated carbocycles. The Morgan fingerprint density at radius 2 is 2.06 bits per heavy atom. The fraction of sp³-hybridized carbons (Fsp3) is 0.923. The third-order valence-electron chi connectivity index (χ3n) is 3.40. The van der Waals surface area contributed by atoms with E-state index in [1.807, 2.05) is 6.92 Å². The summed E-state index contributed by atoms with van der Waals surface area (Å²) in [4.78, 5) is 15.4. The maximum Gasteiger partial charge on any atom is 0.334 e. The summed E-state index contributed by atoms with van der Waals surface area (Å²) in [6.45, 7) is 5.89. The van der Waals surface area contributed by atoms with Crippen LogP contribution in [-0.4, -0.2) is 73.9 Å². The first kappa shape index (κ1) is 15.4. The minimum absolute atomic E-state index is 0.452. The van der Waals surface area contributed by atoms with Crippen molar-refractivity contribution in [2.75, 3.05) is 46.9 Å². The normalized spacial score (nSPS) is 20.2. The van der Waals surface area contributed by atoms with Crippen LogP contribution in [0.2, 0.25) is 0 Å². The lowest BCUT2D eigenvalue weighted by Crippen LogP contribution is -2.43. The molecule has 1 heterocycles. The van der Waals surface area contributed by atoms with Gasteiger partial charge in [0.2, 0.25) is 0 Å². The fourth-order valence-corrected chi connectivity index (χ4v) is 2.51. The molecule has 18 heavy (non-hydrogen) atoms. The number of hydrogen-bond donors (Lipinski definition) is 1. The number of carbonyl (C=O) groups is 1. The van der Waals surface area contributed by atoms with Gasteiger partial charge in [-0.2, -0.15) is 0 Å². The van der Waals surface area contributed by atoms with Gasteiger partial charge in [-0.25, -0.2) is 4.79 Å². The molecule has 106 valence electrons. The van der Waals surface area contributed by atoms with E-state index < -0.39 is 12.1 Å². The summed E-state index contributed by atoms with van der Waals surface area (Å²) < 4.78 is 5.25. The third-order valence-corrected chi connectivity index (χ3v) is 3.40. The fourth-order valence-electron chi connectivity index (χ4n) is 2.51. The lowest BCUT2D eigenvalue weighted by atomic mass is 9.96. The Labute approximate surface area is 110 Å². The predicted octanol–water partition coefficient (Wildman–Crippen LogP) is 0.750. The maximum absolute atomic E-state index is 11.0. The molecule has 1 N–H and O–H groups in total. The zero-order valence-corrected chi connectivity index (χ0v) is 11.8. The molecular weight excluding hydrogens is 232 g/mol. The van der Waals surface area contributed by atoms with Crippen LogP contribution in [0.1, 0.15) is 19.8 Å². The van der Waals surface area contributed by atoms with E-state index in [1.165, 1.54) is 0 Å². The van der Waals surface area contributed by atoms with Crippen molar-refractivity contribution in [1.29, 1.82) is 0 Å². The summed E-state index contributed by atoms with van der Waals surface area (Å²) in [6, 6.07) is 0. The van der Waals surface area contributed by atoms with Gasteiger partial charge in [-0.1, -0.05) is 0 Å².